The Balaban J connectivity index is 1.72. The van der Waals surface area contributed by atoms with E-state index in [0.29, 0.717) is 28.9 Å². The zero-order valence-corrected chi connectivity index (χ0v) is 17.4. The van der Waals surface area contributed by atoms with Crippen LogP contribution in [-0.4, -0.2) is 47.9 Å². The van der Waals surface area contributed by atoms with Crippen molar-refractivity contribution in [1.82, 2.24) is 4.90 Å². The molecule has 2 amide bonds. The Hall–Kier alpha value is -3.00. The van der Waals surface area contributed by atoms with E-state index in [1.807, 2.05) is 31.2 Å². The normalized spacial score (nSPS) is 17.9. The number of carbonyl (C=O) groups is 2. The van der Waals surface area contributed by atoms with Gasteiger partial charge in [-0.1, -0.05) is 11.8 Å². The minimum Gasteiger partial charge on any atom is -0.497 e. The van der Waals surface area contributed by atoms with E-state index < -0.39 is 5.25 Å². The number of amidine groups is 1. The van der Waals surface area contributed by atoms with E-state index in [0.717, 1.165) is 5.75 Å². The highest BCUT2D eigenvalue weighted by atomic mass is 32.2. The number of hydrogen-bond acceptors (Lipinski definition) is 6. The van der Waals surface area contributed by atoms with Gasteiger partial charge in [-0.15, -0.1) is 0 Å². The lowest BCUT2D eigenvalue weighted by atomic mass is 10.2. The molecule has 0 spiro atoms. The maximum Gasteiger partial charge on any atom is 0.238 e. The van der Waals surface area contributed by atoms with Crippen LogP contribution in [-0.2, 0) is 9.59 Å². The highest BCUT2D eigenvalue weighted by Gasteiger charge is 2.34. The van der Waals surface area contributed by atoms with Gasteiger partial charge in [-0.05, 0) is 55.5 Å². The fourth-order valence-corrected chi connectivity index (χ4v) is 3.75. The van der Waals surface area contributed by atoms with Gasteiger partial charge in [-0.2, -0.15) is 0 Å². The topological polar surface area (TPSA) is 80.2 Å². The molecular formula is C21H23N3O4S. The Bertz CT molecular complexity index is 897. The number of thioether (sulfide) groups is 1. The molecule has 0 aliphatic carbocycles. The molecular weight excluding hydrogens is 390 g/mol. The van der Waals surface area contributed by atoms with Gasteiger partial charge in [0.15, 0.2) is 5.17 Å². The third kappa shape index (κ3) is 5.29. The largest absolute Gasteiger partial charge is 0.497 e. The molecule has 2 aromatic carbocycles. The monoisotopic (exact) mass is 413 g/mol. The number of aliphatic imine (C=N–C) groups is 1. The van der Waals surface area contributed by atoms with E-state index in [1.165, 1.54) is 16.7 Å². The highest BCUT2D eigenvalue weighted by molar-refractivity contribution is 8.15. The summed E-state index contributed by atoms with van der Waals surface area (Å²) in [5, 5.41) is 2.78. The Morgan fingerprint density at radius 2 is 1.83 bits per heavy atom. The average molecular weight is 413 g/mol. The summed E-state index contributed by atoms with van der Waals surface area (Å²) in [4.78, 5) is 31.1. The minimum absolute atomic E-state index is 0.117. The smallest absolute Gasteiger partial charge is 0.238 e. The maximum atomic E-state index is 12.7. The molecule has 8 heteroatoms. The van der Waals surface area contributed by atoms with Gasteiger partial charge in [0, 0.05) is 19.2 Å². The lowest BCUT2D eigenvalue weighted by molar-refractivity contribution is -0.128. The van der Waals surface area contributed by atoms with Gasteiger partial charge in [-0.25, -0.2) is 4.99 Å². The summed E-state index contributed by atoms with van der Waals surface area (Å²) in [6.45, 7) is 2.51. The van der Waals surface area contributed by atoms with Crippen molar-refractivity contribution in [2.45, 2.75) is 18.6 Å². The predicted octanol–water partition coefficient (Wildman–Crippen LogP) is 3.68. The minimum atomic E-state index is -0.553. The summed E-state index contributed by atoms with van der Waals surface area (Å²) in [5.74, 6) is 1.08. The molecule has 2 aromatic rings. The van der Waals surface area contributed by atoms with E-state index in [1.54, 1.807) is 38.4 Å². The summed E-state index contributed by atoms with van der Waals surface area (Å²) in [6, 6.07) is 14.3. The number of ether oxygens (including phenoxy) is 2. The first kappa shape index (κ1) is 20.7. The van der Waals surface area contributed by atoms with Gasteiger partial charge in [-0.3, -0.25) is 14.5 Å². The Morgan fingerprint density at radius 3 is 2.45 bits per heavy atom. The van der Waals surface area contributed by atoms with Crippen LogP contribution < -0.4 is 14.8 Å². The zero-order chi connectivity index (χ0) is 20.8. The molecule has 1 aliphatic heterocycles. The first-order valence-electron chi connectivity index (χ1n) is 9.20. The van der Waals surface area contributed by atoms with Gasteiger partial charge in [0.1, 0.15) is 16.7 Å². The zero-order valence-electron chi connectivity index (χ0n) is 16.5. The lowest BCUT2D eigenvalue weighted by Gasteiger charge is -2.28. The number of hydrogen-bond donors (Lipinski definition) is 1. The van der Waals surface area contributed by atoms with Gasteiger partial charge < -0.3 is 14.8 Å². The van der Waals surface area contributed by atoms with Crippen molar-refractivity contribution in [2.24, 2.45) is 4.99 Å². The van der Waals surface area contributed by atoms with E-state index >= 15 is 0 Å². The van der Waals surface area contributed by atoms with Gasteiger partial charge in [0.25, 0.3) is 0 Å². The predicted molar refractivity (Wildman–Crippen MR) is 115 cm³/mol. The van der Waals surface area contributed by atoms with Crippen LogP contribution in [0.4, 0.5) is 11.4 Å². The fraction of sp³-hybridized carbons (Fsp3) is 0.286. The number of carbonyl (C=O) groups excluding carboxylic acids is 2. The summed E-state index contributed by atoms with van der Waals surface area (Å²) in [7, 11) is 3.25. The summed E-state index contributed by atoms with van der Waals surface area (Å²) in [5.41, 5.74) is 1.33. The van der Waals surface area contributed by atoms with Crippen molar-refractivity contribution in [2.75, 3.05) is 26.1 Å². The second-order valence-electron chi connectivity index (χ2n) is 6.30. The molecule has 29 heavy (non-hydrogen) atoms. The van der Waals surface area contributed by atoms with Gasteiger partial charge in [0.05, 0.1) is 19.4 Å². The first-order valence-corrected chi connectivity index (χ1v) is 10.1. The first-order chi connectivity index (χ1) is 14.0. The van der Waals surface area contributed by atoms with Crippen LogP contribution in [0.2, 0.25) is 0 Å². The molecule has 1 atom stereocenters. The molecule has 0 radical (unpaired) electrons. The standard InChI is InChI=1S/C21H23N3O4S/c1-4-28-17-11-7-15(8-12-17)23-21-24(2)19(25)13-18(29-21)20(26)22-14-5-9-16(27-3)10-6-14/h5-12,18H,4,13H2,1-3H3,(H,22,26). The number of methoxy groups -OCH3 is 1. The molecule has 152 valence electrons. The number of nitrogens with zero attached hydrogens (tertiary/aromatic N) is 2. The van der Waals surface area contributed by atoms with Crippen molar-refractivity contribution >= 4 is 40.1 Å². The molecule has 7 nitrogen and oxygen atoms in total. The molecule has 1 fully saturated rings. The summed E-state index contributed by atoms with van der Waals surface area (Å²) in [6.07, 6.45) is 0.117. The lowest BCUT2D eigenvalue weighted by Crippen LogP contribution is -2.43. The molecule has 0 aromatic heterocycles. The van der Waals surface area contributed by atoms with Crippen molar-refractivity contribution in [3.05, 3.63) is 48.5 Å². The highest BCUT2D eigenvalue weighted by Crippen LogP contribution is 2.29. The van der Waals surface area contributed by atoms with E-state index in [9.17, 15) is 9.59 Å². The molecule has 1 N–H and O–H groups in total. The molecule has 1 unspecified atom stereocenters. The van der Waals surface area contributed by atoms with E-state index in [-0.39, 0.29) is 18.2 Å². The van der Waals surface area contributed by atoms with Crippen molar-refractivity contribution in [3.8, 4) is 11.5 Å². The number of anilines is 1. The van der Waals surface area contributed by atoms with Crippen LogP contribution in [0, 0.1) is 0 Å². The Labute approximate surface area is 174 Å². The van der Waals surface area contributed by atoms with Crippen LogP contribution in [0.25, 0.3) is 0 Å². The quantitative estimate of drug-likeness (QED) is 0.781. The maximum absolute atomic E-state index is 12.7. The third-order valence-electron chi connectivity index (χ3n) is 4.29. The molecule has 0 saturated carbocycles. The average Bonchev–Trinajstić information content (AvgIpc) is 2.73. The summed E-state index contributed by atoms with van der Waals surface area (Å²) >= 11 is 1.27. The van der Waals surface area contributed by atoms with Crippen molar-refractivity contribution in [3.63, 3.8) is 0 Å². The van der Waals surface area contributed by atoms with Crippen molar-refractivity contribution < 1.29 is 19.1 Å². The fourth-order valence-electron chi connectivity index (χ4n) is 2.69. The summed E-state index contributed by atoms with van der Waals surface area (Å²) < 4.78 is 10.5. The van der Waals surface area contributed by atoms with E-state index in [2.05, 4.69) is 10.3 Å². The third-order valence-corrected chi connectivity index (χ3v) is 5.53. The second kappa shape index (κ2) is 9.47. The van der Waals surface area contributed by atoms with Crippen LogP contribution in [0.3, 0.4) is 0 Å². The number of benzene rings is 2. The molecule has 1 aliphatic rings. The second-order valence-corrected chi connectivity index (χ2v) is 7.47. The Morgan fingerprint density at radius 1 is 1.17 bits per heavy atom. The molecule has 1 saturated heterocycles. The van der Waals surface area contributed by atoms with Gasteiger partial charge >= 0.3 is 0 Å². The SMILES string of the molecule is CCOc1ccc(N=C2SC(C(=O)Nc3ccc(OC)cc3)CC(=O)N2C)cc1. The van der Waals surface area contributed by atoms with Crippen LogP contribution in [0.15, 0.2) is 53.5 Å². The Kier molecular flexibility index (Phi) is 6.77. The van der Waals surface area contributed by atoms with E-state index in [4.69, 9.17) is 9.47 Å². The molecule has 0 bridgehead atoms. The van der Waals surface area contributed by atoms with Gasteiger partial charge in [0.2, 0.25) is 11.8 Å². The molecule has 1 heterocycles. The van der Waals surface area contributed by atoms with Crippen LogP contribution >= 0.6 is 11.8 Å². The van der Waals surface area contributed by atoms with Crippen molar-refractivity contribution in [1.29, 1.82) is 0 Å². The number of rotatable bonds is 6. The van der Waals surface area contributed by atoms with Crippen LogP contribution in [0.5, 0.6) is 11.5 Å². The molecule has 3 rings (SSSR count). The number of amides is 2. The van der Waals surface area contributed by atoms with Crippen LogP contribution in [0.1, 0.15) is 13.3 Å². The number of nitrogens with one attached hydrogen (secondary N) is 1.